The average Bonchev–Trinajstić information content (AvgIpc) is 3.50. The SMILES string of the molecule is CCC1(CC)c2ccccc2-c2c(N(c3ccccc3)c3ccc(C(C)c4ccc(N(c5ccccc5)c5ccccc5)cc4)cc3)cccc21. The number of hydrogen-bond donors (Lipinski definition) is 0. The molecule has 0 bridgehead atoms. The summed E-state index contributed by atoms with van der Waals surface area (Å²) in [5.74, 6) is 0.239. The number of rotatable bonds is 10. The van der Waals surface area contributed by atoms with Crippen LogP contribution in [0.25, 0.3) is 11.1 Å². The molecule has 0 radical (unpaired) electrons. The minimum atomic E-state index is 0.0261. The molecule has 0 aromatic heterocycles. The van der Waals surface area contributed by atoms with E-state index in [1.165, 1.54) is 39.1 Å². The first kappa shape index (κ1) is 32.4. The van der Waals surface area contributed by atoms with Crippen molar-refractivity contribution in [3.8, 4) is 11.1 Å². The Morgan fingerprint density at radius 3 is 1.33 bits per heavy atom. The Balaban J connectivity index is 1.14. The Bertz CT molecular complexity index is 2180. The minimum absolute atomic E-state index is 0.0261. The second-order valence-electron chi connectivity index (χ2n) is 13.6. The molecule has 0 N–H and O–H groups in total. The number of fused-ring (bicyclic) bond motifs is 3. The van der Waals surface area contributed by atoms with Crippen molar-refractivity contribution in [2.75, 3.05) is 9.80 Å². The van der Waals surface area contributed by atoms with Crippen molar-refractivity contribution in [2.24, 2.45) is 0 Å². The van der Waals surface area contributed by atoms with Crippen molar-refractivity contribution in [1.82, 2.24) is 0 Å². The highest BCUT2D eigenvalue weighted by Gasteiger charge is 2.42. The predicted molar refractivity (Wildman–Crippen MR) is 217 cm³/mol. The van der Waals surface area contributed by atoms with Crippen molar-refractivity contribution in [1.29, 1.82) is 0 Å². The molecule has 0 aliphatic heterocycles. The van der Waals surface area contributed by atoms with Gasteiger partial charge in [-0.25, -0.2) is 0 Å². The molecule has 0 heterocycles. The van der Waals surface area contributed by atoms with Gasteiger partial charge in [-0.2, -0.15) is 0 Å². The quantitative estimate of drug-likeness (QED) is 0.144. The van der Waals surface area contributed by atoms with Crippen molar-refractivity contribution < 1.29 is 0 Å². The van der Waals surface area contributed by atoms with E-state index in [2.05, 4.69) is 213 Å². The number of para-hydroxylation sites is 3. The smallest absolute Gasteiger partial charge is 0.0543 e. The summed E-state index contributed by atoms with van der Waals surface area (Å²) in [7, 11) is 0. The lowest BCUT2D eigenvalue weighted by Crippen LogP contribution is -2.23. The van der Waals surface area contributed by atoms with E-state index in [1.807, 2.05) is 0 Å². The Hall–Kier alpha value is -5.86. The zero-order valence-corrected chi connectivity index (χ0v) is 29.7. The molecule has 0 fully saturated rings. The van der Waals surface area contributed by atoms with Gasteiger partial charge in [0.1, 0.15) is 0 Å². The number of anilines is 6. The van der Waals surface area contributed by atoms with E-state index in [0.29, 0.717) is 0 Å². The van der Waals surface area contributed by atoms with E-state index in [4.69, 9.17) is 0 Å². The first-order valence-corrected chi connectivity index (χ1v) is 18.3. The molecule has 7 aromatic rings. The average molecular weight is 661 g/mol. The van der Waals surface area contributed by atoms with Crippen LogP contribution in [0.5, 0.6) is 0 Å². The van der Waals surface area contributed by atoms with Gasteiger partial charge in [0.2, 0.25) is 0 Å². The molecule has 0 spiro atoms. The van der Waals surface area contributed by atoms with Gasteiger partial charge < -0.3 is 9.80 Å². The lowest BCUT2D eigenvalue weighted by molar-refractivity contribution is 0.490. The van der Waals surface area contributed by atoms with Crippen LogP contribution in [0.3, 0.4) is 0 Å². The van der Waals surface area contributed by atoms with Gasteiger partial charge in [0, 0.05) is 45.3 Å². The standard InChI is InChI=1S/C49H44N2/c1-4-49(5-2)45-25-16-15-24-44(45)48-46(49)26-17-27-47(48)51(41-22-13-8-14-23-41)43-34-30-38(31-35-43)36(3)37-28-32-42(33-29-37)50(39-18-9-6-10-19-39)40-20-11-7-12-21-40/h6-36H,4-5H2,1-3H3. The van der Waals surface area contributed by atoms with Crippen LogP contribution < -0.4 is 9.80 Å². The third-order valence-corrected chi connectivity index (χ3v) is 11.1. The summed E-state index contributed by atoms with van der Waals surface area (Å²) in [4.78, 5) is 4.76. The summed E-state index contributed by atoms with van der Waals surface area (Å²) >= 11 is 0. The van der Waals surface area contributed by atoms with Crippen molar-refractivity contribution in [3.05, 3.63) is 204 Å². The third-order valence-electron chi connectivity index (χ3n) is 11.1. The Labute approximate surface area is 303 Å². The van der Waals surface area contributed by atoms with Crippen molar-refractivity contribution >= 4 is 34.1 Å². The van der Waals surface area contributed by atoms with Gasteiger partial charge >= 0.3 is 0 Å². The van der Waals surface area contributed by atoms with Crippen LogP contribution in [-0.4, -0.2) is 0 Å². The Morgan fingerprint density at radius 2 is 0.824 bits per heavy atom. The summed E-state index contributed by atoms with van der Waals surface area (Å²) in [5.41, 5.74) is 15.2. The first-order valence-electron chi connectivity index (χ1n) is 18.3. The first-order chi connectivity index (χ1) is 25.1. The maximum absolute atomic E-state index is 2.45. The maximum atomic E-state index is 2.45. The second-order valence-corrected chi connectivity index (χ2v) is 13.6. The fourth-order valence-electron chi connectivity index (χ4n) is 8.31. The Morgan fingerprint density at radius 1 is 0.412 bits per heavy atom. The molecule has 1 aliphatic rings. The minimum Gasteiger partial charge on any atom is -0.311 e. The molecule has 250 valence electrons. The molecule has 7 aromatic carbocycles. The van der Waals surface area contributed by atoms with Gasteiger partial charge in [-0.05, 0) is 107 Å². The zero-order valence-electron chi connectivity index (χ0n) is 29.7. The highest BCUT2D eigenvalue weighted by molar-refractivity contribution is 5.95. The zero-order chi connectivity index (χ0) is 34.8. The van der Waals surface area contributed by atoms with E-state index in [0.717, 1.165) is 41.3 Å². The lowest BCUT2D eigenvalue weighted by atomic mass is 9.74. The Kier molecular flexibility index (Phi) is 8.76. The predicted octanol–water partition coefficient (Wildman–Crippen LogP) is 13.9. The van der Waals surface area contributed by atoms with E-state index in [1.54, 1.807) is 0 Å². The highest BCUT2D eigenvalue weighted by Crippen LogP contribution is 2.56. The van der Waals surface area contributed by atoms with Gasteiger partial charge in [0.05, 0.1) is 5.69 Å². The fraction of sp³-hybridized carbons (Fsp3) is 0.143. The van der Waals surface area contributed by atoms with Gasteiger partial charge in [0.15, 0.2) is 0 Å². The second kappa shape index (κ2) is 13.8. The topological polar surface area (TPSA) is 6.48 Å². The normalized spacial score (nSPS) is 13.2. The molecule has 2 heteroatoms. The van der Waals surface area contributed by atoms with Crippen LogP contribution in [-0.2, 0) is 5.41 Å². The number of nitrogens with zero attached hydrogens (tertiary/aromatic N) is 2. The van der Waals surface area contributed by atoms with Crippen LogP contribution in [0.1, 0.15) is 61.8 Å². The number of benzene rings is 7. The van der Waals surface area contributed by atoms with Crippen LogP contribution in [0.15, 0.2) is 182 Å². The molecular weight excluding hydrogens is 617 g/mol. The van der Waals surface area contributed by atoms with Crippen molar-refractivity contribution in [3.63, 3.8) is 0 Å². The molecule has 2 nitrogen and oxygen atoms in total. The monoisotopic (exact) mass is 660 g/mol. The van der Waals surface area contributed by atoms with Gasteiger partial charge in [0.25, 0.3) is 0 Å². The largest absolute Gasteiger partial charge is 0.311 e. The summed E-state index contributed by atoms with van der Waals surface area (Å²) in [6.45, 7) is 6.99. The maximum Gasteiger partial charge on any atom is 0.0543 e. The van der Waals surface area contributed by atoms with Gasteiger partial charge in [-0.1, -0.05) is 136 Å². The molecular formula is C49H44N2. The molecule has 8 rings (SSSR count). The van der Waals surface area contributed by atoms with Crippen LogP contribution in [0.4, 0.5) is 34.1 Å². The lowest BCUT2D eigenvalue weighted by Gasteiger charge is -2.31. The molecule has 0 saturated heterocycles. The van der Waals surface area contributed by atoms with Gasteiger partial charge in [-0.15, -0.1) is 0 Å². The fourth-order valence-corrected chi connectivity index (χ4v) is 8.31. The van der Waals surface area contributed by atoms with Crippen LogP contribution >= 0.6 is 0 Å². The third kappa shape index (κ3) is 5.71. The number of hydrogen-bond acceptors (Lipinski definition) is 2. The summed E-state index contributed by atoms with van der Waals surface area (Å²) in [6.07, 6.45) is 2.15. The molecule has 1 unspecified atom stereocenters. The summed E-state index contributed by atoms with van der Waals surface area (Å²) in [5, 5.41) is 0. The van der Waals surface area contributed by atoms with E-state index >= 15 is 0 Å². The van der Waals surface area contributed by atoms with E-state index in [-0.39, 0.29) is 11.3 Å². The van der Waals surface area contributed by atoms with Crippen molar-refractivity contribution in [2.45, 2.75) is 44.9 Å². The van der Waals surface area contributed by atoms with E-state index in [9.17, 15) is 0 Å². The molecule has 1 aliphatic carbocycles. The molecule has 0 amide bonds. The molecule has 0 saturated carbocycles. The van der Waals surface area contributed by atoms with Crippen LogP contribution in [0, 0.1) is 0 Å². The molecule has 51 heavy (non-hydrogen) atoms. The van der Waals surface area contributed by atoms with E-state index < -0.39 is 0 Å². The summed E-state index contributed by atoms with van der Waals surface area (Å²) < 4.78 is 0. The van der Waals surface area contributed by atoms with Crippen LogP contribution in [0.2, 0.25) is 0 Å². The molecule has 1 atom stereocenters. The summed E-state index contributed by atoms with van der Waals surface area (Å²) in [6, 6.07) is 66.2. The van der Waals surface area contributed by atoms with Gasteiger partial charge in [-0.3, -0.25) is 0 Å². The highest BCUT2D eigenvalue weighted by atomic mass is 15.1.